The van der Waals surface area contributed by atoms with Crippen LogP contribution in [0.2, 0.25) is 0 Å². The summed E-state index contributed by atoms with van der Waals surface area (Å²) in [6, 6.07) is 8.63. The summed E-state index contributed by atoms with van der Waals surface area (Å²) >= 11 is 0. The highest BCUT2D eigenvalue weighted by atomic mass is 16.5. The van der Waals surface area contributed by atoms with Crippen molar-refractivity contribution in [1.29, 1.82) is 0 Å². The number of ether oxygens (including phenoxy) is 1. The van der Waals surface area contributed by atoms with Crippen LogP contribution in [0.5, 0.6) is 0 Å². The van der Waals surface area contributed by atoms with Crippen LogP contribution in [-0.4, -0.2) is 38.2 Å². The van der Waals surface area contributed by atoms with Gasteiger partial charge in [-0.1, -0.05) is 31.2 Å². The maximum atomic E-state index is 5.17. The first-order valence-electron chi connectivity index (χ1n) is 7.78. The molecule has 3 heteroatoms. The Morgan fingerprint density at radius 1 is 1.25 bits per heavy atom. The van der Waals surface area contributed by atoms with E-state index in [0.29, 0.717) is 6.61 Å². The first-order chi connectivity index (χ1) is 9.78. The summed E-state index contributed by atoms with van der Waals surface area (Å²) in [7, 11) is 1.74. The number of hydrogen-bond donors (Lipinski definition) is 1. The lowest BCUT2D eigenvalue weighted by atomic mass is 10.1. The fraction of sp³-hybridized carbons (Fsp3) is 0.647. The minimum absolute atomic E-state index is 0.694. The van der Waals surface area contributed by atoms with Gasteiger partial charge in [0.15, 0.2) is 0 Å². The zero-order valence-corrected chi connectivity index (χ0v) is 12.9. The summed E-state index contributed by atoms with van der Waals surface area (Å²) < 4.78 is 5.17. The van der Waals surface area contributed by atoms with Crippen LogP contribution in [-0.2, 0) is 17.9 Å². The summed E-state index contributed by atoms with van der Waals surface area (Å²) in [4.78, 5) is 2.59. The maximum absolute atomic E-state index is 5.17. The molecule has 1 aliphatic rings. The van der Waals surface area contributed by atoms with Gasteiger partial charge in [-0.3, -0.25) is 0 Å². The summed E-state index contributed by atoms with van der Waals surface area (Å²) in [5.41, 5.74) is 2.59. The normalized spacial score (nSPS) is 17.5. The van der Waals surface area contributed by atoms with Gasteiger partial charge in [0, 0.05) is 20.2 Å². The molecular weight excluding hydrogens is 248 g/mol. The molecule has 1 aromatic carbocycles. The number of nitrogens with one attached hydrogen (secondary N) is 1. The molecule has 1 aliphatic heterocycles. The van der Waals surface area contributed by atoms with Gasteiger partial charge in [0.05, 0.1) is 6.61 Å². The van der Waals surface area contributed by atoms with Crippen LogP contribution in [0.1, 0.15) is 30.9 Å². The van der Waals surface area contributed by atoms with E-state index in [1.165, 1.54) is 43.6 Å². The Labute approximate surface area is 123 Å². The molecule has 0 spiro atoms. The molecule has 1 aromatic rings. The van der Waals surface area contributed by atoms with Crippen molar-refractivity contribution < 1.29 is 4.74 Å². The zero-order valence-electron chi connectivity index (χ0n) is 12.9. The molecule has 1 heterocycles. The molecule has 0 amide bonds. The molecule has 0 saturated carbocycles. The summed E-state index contributed by atoms with van der Waals surface area (Å²) in [6.45, 7) is 8.89. The van der Waals surface area contributed by atoms with E-state index >= 15 is 0 Å². The van der Waals surface area contributed by atoms with Crippen molar-refractivity contribution >= 4 is 0 Å². The van der Waals surface area contributed by atoms with Gasteiger partial charge in [-0.2, -0.15) is 0 Å². The van der Waals surface area contributed by atoms with Crippen molar-refractivity contribution in [3.05, 3.63) is 35.4 Å². The first kappa shape index (κ1) is 15.5. The second kappa shape index (κ2) is 8.40. The van der Waals surface area contributed by atoms with Crippen LogP contribution in [0.15, 0.2) is 24.3 Å². The molecule has 0 aliphatic carbocycles. The van der Waals surface area contributed by atoms with Crippen LogP contribution < -0.4 is 5.32 Å². The van der Waals surface area contributed by atoms with Crippen molar-refractivity contribution in [3.63, 3.8) is 0 Å². The van der Waals surface area contributed by atoms with E-state index in [-0.39, 0.29) is 0 Å². The van der Waals surface area contributed by atoms with E-state index in [4.69, 9.17) is 4.74 Å². The smallest absolute Gasteiger partial charge is 0.0713 e. The number of hydrogen-bond acceptors (Lipinski definition) is 3. The predicted molar refractivity (Wildman–Crippen MR) is 83.7 cm³/mol. The predicted octanol–water partition coefficient (Wildman–Crippen LogP) is 2.65. The average Bonchev–Trinajstić information content (AvgIpc) is 2.92. The van der Waals surface area contributed by atoms with Crippen molar-refractivity contribution in [3.8, 4) is 0 Å². The van der Waals surface area contributed by atoms with E-state index in [2.05, 4.69) is 41.4 Å². The lowest BCUT2D eigenvalue weighted by Gasteiger charge is -2.20. The number of rotatable bonds is 8. The summed E-state index contributed by atoms with van der Waals surface area (Å²) in [5.74, 6) is 0.718. The number of likely N-dealkylation sites (tertiary alicyclic amines) is 1. The minimum Gasteiger partial charge on any atom is -0.380 e. The van der Waals surface area contributed by atoms with Gasteiger partial charge < -0.3 is 15.0 Å². The van der Waals surface area contributed by atoms with E-state index in [1.807, 2.05) is 0 Å². The van der Waals surface area contributed by atoms with E-state index in [0.717, 1.165) is 19.0 Å². The second-order valence-electron chi connectivity index (χ2n) is 6.00. The molecule has 0 aromatic heterocycles. The van der Waals surface area contributed by atoms with E-state index in [9.17, 15) is 0 Å². The molecule has 1 unspecified atom stereocenters. The van der Waals surface area contributed by atoms with Crippen molar-refractivity contribution in [2.24, 2.45) is 5.92 Å². The van der Waals surface area contributed by atoms with Crippen LogP contribution in [0.4, 0.5) is 0 Å². The molecule has 1 saturated heterocycles. The molecule has 1 N–H and O–H groups in total. The van der Waals surface area contributed by atoms with Gasteiger partial charge in [-0.15, -0.1) is 0 Å². The van der Waals surface area contributed by atoms with Gasteiger partial charge >= 0.3 is 0 Å². The second-order valence-corrected chi connectivity index (χ2v) is 6.00. The molecule has 3 nitrogen and oxygen atoms in total. The van der Waals surface area contributed by atoms with Gasteiger partial charge in [0.25, 0.3) is 0 Å². The number of methoxy groups -OCH3 is 1. The van der Waals surface area contributed by atoms with Gasteiger partial charge in [0.2, 0.25) is 0 Å². The highest BCUT2D eigenvalue weighted by Gasteiger charge is 2.14. The van der Waals surface area contributed by atoms with Crippen molar-refractivity contribution in [2.75, 3.05) is 33.3 Å². The standard InChI is InChI=1S/C17H28N2O/c1-15(13-19-8-3-4-9-19)11-18-12-16-6-5-7-17(10-16)14-20-2/h5-7,10,15,18H,3-4,8-9,11-14H2,1-2H3. The summed E-state index contributed by atoms with van der Waals surface area (Å²) in [6.07, 6.45) is 2.76. The largest absolute Gasteiger partial charge is 0.380 e. The Bertz CT molecular complexity index is 388. The number of nitrogens with zero attached hydrogens (tertiary/aromatic N) is 1. The average molecular weight is 276 g/mol. The maximum Gasteiger partial charge on any atom is 0.0713 e. The summed E-state index contributed by atoms with van der Waals surface area (Å²) in [5, 5.41) is 3.58. The monoisotopic (exact) mass is 276 g/mol. The quantitative estimate of drug-likeness (QED) is 0.790. The Hall–Kier alpha value is -0.900. The van der Waals surface area contributed by atoms with Gasteiger partial charge in [0.1, 0.15) is 0 Å². The lowest BCUT2D eigenvalue weighted by Crippen LogP contribution is -2.31. The van der Waals surface area contributed by atoms with Crippen molar-refractivity contribution in [2.45, 2.75) is 32.9 Å². The number of benzene rings is 1. The SMILES string of the molecule is COCc1cccc(CNCC(C)CN2CCCC2)c1. The molecule has 2 rings (SSSR count). The third kappa shape index (κ3) is 5.23. The molecule has 1 atom stereocenters. The van der Waals surface area contributed by atoms with E-state index in [1.54, 1.807) is 7.11 Å². The third-order valence-electron chi connectivity index (χ3n) is 3.89. The highest BCUT2D eigenvalue weighted by molar-refractivity contribution is 5.22. The molecule has 0 radical (unpaired) electrons. The Balaban J connectivity index is 1.67. The molecular formula is C17H28N2O. The van der Waals surface area contributed by atoms with E-state index < -0.39 is 0 Å². The Morgan fingerprint density at radius 3 is 2.75 bits per heavy atom. The van der Waals surface area contributed by atoms with Crippen LogP contribution in [0.3, 0.4) is 0 Å². The molecule has 0 bridgehead atoms. The minimum atomic E-state index is 0.694. The molecule has 112 valence electrons. The fourth-order valence-electron chi connectivity index (χ4n) is 2.93. The van der Waals surface area contributed by atoms with Crippen LogP contribution in [0, 0.1) is 5.92 Å². The Morgan fingerprint density at radius 2 is 2.00 bits per heavy atom. The Kier molecular flexibility index (Phi) is 6.51. The zero-order chi connectivity index (χ0) is 14.2. The van der Waals surface area contributed by atoms with Crippen LogP contribution in [0.25, 0.3) is 0 Å². The molecule has 20 heavy (non-hydrogen) atoms. The lowest BCUT2D eigenvalue weighted by molar-refractivity contribution is 0.185. The topological polar surface area (TPSA) is 24.5 Å². The highest BCUT2D eigenvalue weighted by Crippen LogP contribution is 2.10. The van der Waals surface area contributed by atoms with Gasteiger partial charge in [-0.25, -0.2) is 0 Å². The molecule has 1 fully saturated rings. The third-order valence-corrected chi connectivity index (χ3v) is 3.89. The fourth-order valence-corrected chi connectivity index (χ4v) is 2.93. The van der Waals surface area contributed by atoms with Gasteiger partial charge in [-0.05, 0) is 49.5 Å². The first-order valence-corrected chi connectivity index (χ1v) is 7.78. The van der Waals surface area contributed by atoms with Crippen molar-refractivity contribution in [1.82, 2.24) is 10.2 Å². The van der Waals surface area contributed by atoms with Crippen LogP contribution >= 0.6 is 0 Å².